The first-order valence-electron chi connectivity index (χ1n) is 9.65. The molecule has 4 rings (SSSR count). The van der Waals surface area contributed by atoms with Crippen LogP contribution in [0.4, 0.5) is 5.69 Å². The van der Waals surface area contributed by atoms with Crippen molar-refractivity contribution in [2.24, 2.45) is 0 Å². The van der Waals surface area contributed by atoms with E-state index in [1.54, 1.807) is 28.9 Å². The Balaban J connectivity index is 1.49. The summed E-state index contributed by atoms with van der Waals surface area (Å²) in [4.78, 5) is 41.2. The van der Waals surface area contributed by atoms with E-state index in [1.807, 2.05) is 47.8 Å². The number of ether oxygens (including phenoxy) is 1. The quantitative estimate of drug-likeness (QED) is 0.340. The van der Waals surface area contributed by atoms with Gasteiger partial charge < -0.3 is 10.1 Å². The van der Waals surface area contributed by atoms with Gasteiger partial charge in [-0.05, 0) is 47.8 Å². The lowest BCUT2D eigenvalue weighted by molar-refractivity contribution is -0.114. The van der Waals surface area contributed by atoms with E-state index in [-0.39, 0.29) is 17.5 Å². The number of nitrogens with one attached hydrogen (secondary N) is 1. The number of hydrogen-bond donors (Lipinski definition) is 1. The van der Waals surface area contributed by atoms with Crippen molar-refractivity contribution in [1.82, 2.24) is 14.8 Å². The molecule has 0 radical (unpaired) electrons. The molecule has 4 aromatic rings. The molecule has 0 fully saturated rings. The van der Waals surface area contributed by atoms with Gasteiger partial charge in [0, 0.05) is 18.2 Å². The van der Waals surface area contributed by atoms with E-state index in [0.717, 1.165) is 10.6 Å². The first-order valence-corrected chi connectivity index (χ1v) is 10.5. The fraction of sp³-hybridized carbons (Fsp3) is 0.0870. The Morgan fingerprint density at radius 3 is 2.41 bits per heavy atom. The van der Waals surface area contributed by atoms with Crippen LogP contribution in [-0.2, 0) is 9.53 Å². The van der Waals surface area contributed by atoms with Crippen LogP contribution in [0.3, 0.4) is 0 Å². The monoisotopic (exact) mass is 446 g/mol. The molecule has 160 valence electrons. The van der Waals surface area contributed by atoms with Gasteiger partial charge in [0.1, 0.15) is 0 Å². The first kappa shape index (κ1) is 21.1. The summed E-state index contributed by atoms with van der Waals surface area (Å²) in [6.45, 7) is 0.946. The summed E-state index contributed by atoms with van der Waals surface area (Å²) in [7, 11) is 0. The van der Waals surface area contributed by atoms with E-state index in [9.17, 15) is 14.4 Å². The van der Waals surface area contributed by atoms with Gasteiger partial charge in [0.2, 0.25) is 5.91 Å². The number of carbonyl (C=O) groups is 3. The third-order valence-electron chi connectivity index (χ3n) is 4.39. The maximum atomic E-state index is 12.6. The number of ketones is 1. The number of anilines is 1. The number of aromatic nitrogens is 3. The number of benzene rings is 2. The fourth-order valence-corrected chi connectivity index (χ4v) is 3.63. The molecule has 2 heterocycles. The summed E-state index contributed by atoms with van der Waals surface area (Å²) in [6.07, 6.45) is 0. The SMILES string of the molecule is CC(=O)Nc1ccc(C(=O)COC(=O)c2nc(-c3cccs3)n(-c3ccccc3)n2)cc1. The van der Waals surface area contributed by atoms with Crippen molar-refractivity contribution in [3.05, 3.63) is 83.5 Å². The molecule has 1 amide bonds. The Bertz CT molecular complexity index is 1250. The van der Waals surface area contributed by atoms with Crippen LogP contribution in [0, 0.1) is 0 Å². The third kappa shape index (κ3) is 4.79. The predicted molar refractivity (Wildman–Crippen MR) is 120 cm³/mol. The second-order valence-corrected chi connectivity index (χ2v) is 7.69. The molecule has 0 saturated heterocycles. The number of esters is 1. The Morgan fingerprint density at radius 1 is 1.00 bits per heavy atom. The van der Waals surface area contributed by atoms with E-state index in [1.165, 1.54) is 18.3 Å². The minimum absolute atomic E-state index is 0.133. The second kappa shape index (κ2) is 9.36. The van der Waals surface area contributed by atoms with E-state index < -0.39 is 12.6 Å². The molecular formula is C23H18N4O4S. The van der Waals surface area contributed by atoms with Crippen molar-refractivity contribution >= 4 is 34.7 Å². The van der Waals surface area contributed by atoms with Crippen LogP contribution in [0.25, 0.3) is 16.4 Å². The Hall–Kier alpha value is -4.11. The molecule has 2 aromatic carbocycles. The summed E-state index contributed by atoms with van der Waals surface area (Å²) in [6, 6.07) is 19.4. The molecule has 0 aliphatic carbocycles. The molecule has 32 heavy (non-hydrogen) atoms. The summed E-state index contributed by atoms with van der Waals surface area (Å²) >= 11 is 1.47. The van der Waals surface area contributed by atoms with Gasteiger partial charge in [-0.3, -0.25) is 9.59 Å². The average Bonchev–Trinajstić information content (AvgIpc) is 3.48. The van der Waals surface area contributed by atoms with Gasteiger partial charge in [0.25, 0.3) is 5.82 Å². The lowest BCUT2D eigenvalue weighted by atomic mass is 10.1. The highest BCUT2D eigenvalue weighted by atomic mass is 32.1. The summed E-state index contributed by atoms with van der Waals surface area (Å²) in [5.74, 6) is -0.999. The highest BCUT2D eigenvalue weighted by Gasteiger charge is 2.21. The lowest BCUT2D eigenvalue weighted by Gasteiger charge is -2.05. The number of nitrogens with zero attached hydrogens (tertiary/aromatic N) is 3. The second-order valence-electron chi connectivity index (χ2n) is 6.74. The summed E-state index contributed by atoms with van der Waals surface area (Å²) in [5, 5.41) is 8.84. The maximum Gasteiger partial charge on any atom is 0.378 e. The van der Waals surface area contributed by atoms with Crippen LogP contribution in [0.15, 0.2) is 72.1 Å². The molecular weight excluding hydrogens is 428 g/mol. The van der Waals surface area contributed by atoms with Crippen LogP contribution in [-0.4, -0.2) is 39.0 Å². The zero-order valence-corrected chi connectivity index (χ0v) is 17.8. The minimum Gasteiger partial charge on any atom is -0.451 e. The average molecular weight is 446 g/mol. The van der Waals surface area contributed by atoms with Crippen molar-refractivity contribution in [3.8, 4) is 16.4 Å². The standard InChI is InChI=1S/C23H18N4O4S/c1-15(28)24-17-11-9-16(10-12-17)19(29)14-31-23(30)21-25-22(20-8-5-13-32-20)27(26-21)18-6-3-2-4-7-18/h2-13H,14H2,1H3,(H,24,28). The zero-order chi connectivity index (χ0) is 22.5. The lowest BCUT2D eigenvalue weighted by Crippen LogP contribution is -2.15. The van der Waals surface area contributed by atoms with E-state index >= 15 is 0 Å². The molecule has 8 nitrogen and oxygen atoms in total. The van der Waals surface area contributed by atoms with Crippen LogP contribution < -0.4 is 5.32 Å². The highest BCUT2D eigenvalue weighted by Crippen LogP contribution is 2.25. The molecule has 0 saturated carbocycles. The van der Waals surface area contributed by atoms with E-state index in [0.29, 0.717) is 17.1 Å². The van der Waals surface area contributed by atoms with Gasteiger partial charge >= 0.3 is 5.97 Å². The third-order valence-corrected chi connectivity index (χ3v) is 5.26. The highest BCUT2D eigenvalue weighted by molar-refractivity contribution is 7.13. The molecule has 0 aliphatic heterocycles. The molecule has 0 aliphatic rings. The van der Waals surface area contributed by atoms with Crippen LogP contribution >= 0.6 is 11.3 Å². The number of hydrogen-bond acceptors (Lipinski definition) is 7. The van der Waals surface area contributed by atoms with Gasteiger partial charge in [0.15, 0.2) is 18.2 Å². The molecule has 9 heteroatoms. The Labute approximate surface area is 187 Å². The van der Waals surface area contributed by atoms with Crippen molar-refractivity contribution in [3.63, 3.8) is 0 Å². The first-order chi connectivity index (χ1) is 15.5. The molecule has 0 atom stereocenters. The van der Waals surface area contributed by atoms with Crippen molar-refractivity contribution in [2.75, 3.05) is 11.9 Å². The van der Waals surface area contributed by atoms with E-state index in [2.05, 4.69) is 15.4 Å². The summed E-state index contributed by atoms with van der Waals surface area (Å²) in [5.41, 5.74) is 1.68. The Kier molecular flexibility index (Phi) is 6.18. The van der Waals surface area contributed by atoms with Crippen molar-refractivity contribution in [1.29, 1.82) is 0 Å². The van der Waals surface area contributed by atoms with Gasteiger partial charge in [0.05, 0.1) is 10.6 Å². The topological polar surface area (TPSA) is 103 Å². The van der Waals surface area contributed by atoms with Crippen LogP contribution in [0.1, 0.15) is 27.9 Å². The maximum absolute atomic E-state index is 12.6. The van der Waals surface area contributed by atoms with Crippen molar-refractivity contribution < 1.29 is 19.1 Å². The number of rotatable bonds is 7. The smallest absolute Gasteiger partial charge is 0.378 e. The number of Topliss-reactive ketones (excluding diaryl/α,β-unsaturated/α-hetero) is 1. The van der Waals surface area contributed by atoms with Crippen LogP contribution in [0.2, 0.25) is 0 Å². The zero-order valence-electron chi connectivity index (χ0n) is 17.0. The predicted octanol–water partition coefficient (Wildman–Crippen LogP) is 3.99. The summed E-state index contributed by atoms with van der Waals surface area (Å²) < 4.78 is 6.74. The molecule has 0 spiro atoms. The molecule has 2 aromatic heterocycles. The fourth-order valence-electron chi connectivity index (χ4n) is 2.93. The van der Waals surface area contributed by atoms with Gasteiger partial charge in [-0.15, -0.1) is 16.4 Å². The van der Waals surface area contributed by atoms with Crippen molar-refractivity contribution in [2.45, 2.75) is 6.92 Å². The normalized spacial score (nSPS) is 10.5. The largest absolute Gasteiger partial charge is 0.451 e. The molecule has 0 bridgehead atoms. The number of carbonyl (C=O) groups excluding carboxylic acids is 3. The van der Waals surface area contributed by atoms with E-state index in [4.69, 9.17) is 4.74 Å². The molecule has 0 unspecified atom stereocenters. The number of para-hydroxylation sites is 1. The Morgan fingerprint density at radius 2 is 1.75 bits per heavy atom. The number of thiophene rings is 1. The van der Waals surface area contributed by atoms with Gasteiger partial charge in [-0.25, -0.2) is 9.48 Å². The van der Waals surface area contributed by atoms with Crippen LogP contribution in [0.5, 0.6) is 0 Å². The minimum atomic E-state index is -0.791. The van der Waals surface area contributed by atoms with Gasteiger partial charge in [-0.1, -0.05) is 24.3 Å². The van der Waals surface area contributed by atoms with Gasteiger partial charge in [-0.2, -0.15) is 4.98 Å². The number of amides is 1. The molecule has 1 N–H and O–H groups in total.